The third-order valence-electron chi connectivity index (χ3n) is 2.92. The molecular weight excluding hydrogens is 250 g/mol. The van der Waals surface area contributed by atoms with E-state index in [0.29, 0.717) is 19.6 Å². The molecule has 0 spiro atoms. The van der Waals surface area contributed by atoms with E-state index in [9.17, 15) is 9.59 Å². The second-order valence-corrected chi connectivity index (χ2v) is 5.28. The van der Waals surface area contributed by atoms with E-state index in [2.05, 4.69) is 29.0 Å². The molecule has 1 aromatic heterocycles. The lowest BCUT2D eigenvalue weighted by Gasteiger charge is -2.26. The Morgan fingerprint density at radius 2 is 2.44 bits per heavy atom. The molecule has 0 bridgehead atoms. The van der Waals surface area contributed by atoms with Crippen LogP contribution in [0.15, 0.2) is 11.4 Å². The summed E-state index contributed by atoms with van der Waals surface area (Å²) in [4.78, 5) is 25.8. The Morgan fingerprint density at radius 3 is 3.11 bits per heavy atom. The first-order valence-corrected chi connectivity index (χ1v) is 6.87. The molecule has 18 heavy (non-hydrogen) atoms. The molecule has 0 aliphatic carbocycles. The van der Waals surface area contributed by atoms with Gasteiger partial charge < -0.3 is 15.5 Å². The van der Waals surface area contributed by atoms with Crippen LogP contribution in [0.4, 0.5) is 4.79 Å². The summed E-state index contributed by atoms with van der Waals surface area (Å²) >= 11 is 1.71. The minimum atomic E-state index is -0.154. The minimum absolute atomic E-state index is 0.0921. The van der Waals surface area contributed by atoms with E-state index in [1.54, 1.807) is 16.2 Å². The highest BCUT2D eigenvalue weighted by Crippen LogP contribution is 2.15. The second kappa shape index (κ2) is 5.86. The molecule has 1 aliphatic rings. The van der Waals surface area contributed by atoms with Gasteiger partial charge in [-0.3, -0.25) is 4.79 Å². The summed E-state index contributed by atoms with van der Waals surface area (Å²) in [6, 6.07) is 1.93. The Hall–Kier alpha value is -1.56. The van der Waals surface area contributed by atoms with Crippen molar-refractivity contribution in [1.82, 2.24) is 15.5 Å². The van der Waals surface area contributed by atoms with E-state index in [0.717, 1.165) is 6.42 Å². The minimum Gasteiger partial charge on any atom is -0.353 e. The summed E-state index contributed by atoms with van der Waals surface area (Å²) in [6.45, 7) is 3.96. The third-order valence-corrected chi connectivity index (χ3v) is 4.00. The highest BCUT2D eigenvalue weighted by Gasteiger charge is 2.20. The van der Waals surface area contributed by atoms with Crippen molar-refractivity contribution in [2.24, 2.45) is 0 Å². The molecule has 2 heterocycles. The van der Waals surface area contributed by atoms with E-state index >= 15 is 0 Å². The number of hydrogen-bond donors (Lipinski definition) is 2. The Labute approximate surface area is 110 Å². The van der Waals surface area contributed by atoms with Crippen LogP contribution in [0.25, 0.3) is 0 Å². The maximum atomic E-state index is 11.8. The van der Waals surface area contributed by atoms with Gasteiger partial charge in [-0.2, -0.15) is 0 Å². The SMILES string of the molecule is Cc1ccsc1CCNC(=O)N1CCNC(=O)C1. The number of amides is 3. The maximum absolute atomic E-state index is 11.8. The van der Waals surface area contributed by atoms with Gasteiger partial charge in [0.15, 0.2) is 0 Å². The summed E-state index contributed by atoms with van der Waals surface area (Å²) in [5.41, 5.74) is 1.27. The van der Waals surface area contributed by atoms with Crippen LogP contribution in [-0.2, 0) is 11.2 Å². The molecule has 0 saturated carbocycles. The van der Waals surface area contributed by atoms with E-state index in [1.165, 1.54) is 10.4 Å². The van der Waals surface area contributed by atoms with Crippen molar-refractivity contribution in [1.29, 1.82) is 0 Å². The normalized spacial score (nSPS) is 15.4. The number of carbonyl (C=O) groups is 2. The Bertz CT molecular complexity index is 444. The molecule has 5 nitrogen and oxygen atoms in total. The second-order valence-electron chi connectivity index (χ2n) is 4.28. The summed E-state index contributed by atoms with van der Waals surface area (Å²) in [5, 5.41) is 7.60. The zero-order valence-electron chi connectivity index (χ0n) is 10.4. The summed E-state index contributed by atoms with van der Waals surface area (Å²) < 4.78 is 0. The van der Waals surface area contributed by atoms with E-state index < -0.39 is 0 Å². The zero-order chi connectivity index (χ0) is 13.0. The quantitative estimate of drug-likeness (QED) is 0.848. The smallest absolute Gasteiger partial charge is 0.317 e. The molecule has 0 radical (unpaired) electrons. The fourth-order valence-corrected chi connectivity index (χ4v) is 2.78. The molecule has 1 aromatic rings. The molecule has 1 fully saturated rings. The predicted molar refractivity (Wildman–Crippen MR) is 70.7 cm³/mol. The number of hydrogen-bond acceptors (Lipinski definition) is 3. The first kappa shape index (κ1) is 12.9. The lowest BCUT2D eigenvalue weighted by atomic mass is 10.2. The van der Waals surface area contributed by atoms with E-state index in [-0.39, 0.29) is 18.5 Å². The molecular formula is C12H17N3O2S. The van der Waals surface area contributed by atoms with E-state index in [1.807, 2.05) is 0 Å². The molecule has 2 N–H and O–H groups in total. The van der Waals surface area contributed by atoms with Crippen LogP contribution in [0, 0.1) is 6.92 Å². The van der Waals surface area contributed by atoms with Crippen LogP contribution in [0.2, 0.25) is 0 Å². The van der Waals surface area contributed by atoms with Crippen molar-refractivity contribution in [2.45, 2.75) is 13.3 Å². The highest BCUT2D eigenvalue weighted by atomic mass is 32.1. The fourth-order valence-electron chi connectivity index (χ4n) is 1.87. The van der Waals surface area contributed by atoms with Gasteiger partial charge in [0.05, 0.1) is 0 Å². The summed E-state index contributed by atoms with van der Waals surface area (Å²) in [6.07, 6.45) is 0.843. The molecule has 2 rings (SSSR count). The number of nitrogens with zero attached hydrogens (tertiary/aromatic N) is 1. The lowest BCUT2D eigenvalue weighted by molar-refractivity contribution is -0.123. The number of carbonyl (C=O) groups excluding carboxylic acids is 2. The van der Waals surface area contributed by atoms with Crippen molar-refractivity contribution in [3.63, 3.8) is 0 Å². The van der Waals surface area contributed by atoms with Gasteiger partial charge in [0.2, 0.25) is 5.91 Å². The van der Waals surface area contributed by atoms with Crippen LogP contribution < -0.4 is 10.6 Å². The van der Waals surface area contributed by atoms with Gasteiger partial charge >= 0.3 is 6.03 Å². The van der Waals surface area contributed by atoms with Gasteiger partial charge in [0, 0.05) is 24.5 Å². The zero-order valence-corrected chi connectivity index (χ0v) is 11.2. The Morgan fingerprint density at radius 1 is 1.61 bits per heavy atom. The van der Waals surface area contributed by atoms with Gasteiger partial charge in [-0.1, -0.05) is 0 Å². The lowest BCUT2D eigenvalue weighted by Crippen LogP contribution is -2.53. The standard InChI is InChI=1S/C12H17N3O2S/c1-9-3-7-18-10(9)2-4-14-12(17)15-6-5-13-11(16)8-15/h3,7H,2,4-6,8H2,1H3,(H,13,16)(H,14,17). The average Bonchev–Trinajstić information content (AvgIpc) is 2.75. The van der Waals surface area contributed by atoms with Crippen molar-refractivity contribution in [3.8, 4) is 0 Å². The third kappa shape index (κ3) is 3.22. The van der Waals surface area contributed by atoms with Gasteiger partial charge in [-0.15, -0.1) is 11.3 Å². The number of urea groups is 1. The summed E-state index contributed by atoms with van der Waals surface area (Å²) in [5.74, 6) is -0.0921. The Kier molecular flexibility index (Phi) is 4.19. The molecule has 0 atom stereocenters. The molecule has 0 aromatic carbocycles. The molecule has 3 amide bonds. The Balaban J connectivity index is 1.75. The van der Waals surface area contributed by atoms with Crippen LogP contribution >= 0.6 is 11.3 Å². The van der Waals surface area contributed by atoms with E-state index in [4.69, 9.17) is 0 Å². The molecule has 6 heteroatoms. The largest absolute Gasteiger partial charge is 0.353 e. The van der Waals surface area contributed by atoms with Gasteiger partial charge in [-0.05, 0) is 30.4 Å². The van der Waals surface area contributed by atoms with Crippen molar-refractivity contribution >= 4 is 23.3 Å². The first-order valence-electron chi connectivity index (χ1n) is 5.99. The predicted octanol–water partition coefficient (Wildman–Crippen LogP) is 0.740. The van der Waals surface area contributed by atoms with Crippen molar-refractivity contribution < 1.29 is 9.59 Å². The number of rotatable bonds is 3. The molecule has 98 valence electrons. The van der Waals surface area contributed by atoms with Gasteiger partial charge in [0.25, 0.3) is 0 Å². The first-order chi connectivity index (χ1) is 8.66. The van der Waals surface area contributed by atoms with Crippen LogP contribution in [0.1, 0.15) is 10.4 Å². The monoisotopic (exact) mass is 267 g/mol. The molecule has 1 aliphatic heterocycles. The number of aryl methyl sites for hydroxylation is 1. The molecule has 0 unspecified atom stereocenters. The topological polar surface area (TPSA) is 61.4 Å². The highest BCUT2D eigenvalue weighted by molar-refractivity contribution is 7.10. The number of piperazine rings is 1. The number of nitrogens with one attached hydrogen (secondary N) is 2. The number of thiophene rings is 1. The maximum Gasteiger partial charge on any atom is 0.317 e. The average molecular weight is 267 g/mol. The van der Waals surface area contributed by atoms with Crippen molar-refractivity contribution in [3.05, 3.63) is 21.9 Å². The summed E-state index contributed by atoms with van der Waals surface area (Å²) in [7, 11) is 0. The van der Waals surface area contributed by atoms with Crippen LogP contribution in [-0.4, -0.2) is 43.0 Å². The van der Waals surface area contributed by atoms with Crippen LogP contribution in [0.3, 0.4) is 0 Å². The van der Waals surface area contributed by atoms with Gasteiger partial charge in [-0.25, -0.2) is 4.79 Å². The molecule has 1 saturated heterocycles. The fraction of sp³-hybridized carbons (Fsp3) is 0.500. The van der Waals surface area contributed by atoms with Gasteiger partial charge in [0.1, 0.15) is 6.54 Å². The van der Waals surface area contributed by atoms with Crippen LogP contribution in [0.5, 0.6) is 0 Å². The van der Waals surface area contributed by atoms with Crippen molar-refractivity contribution in [2.75, 3.05) is 26.2 Å².